The highest BCUT2D eigenvalue weighted by Crippen LogP contribution is 2.07. The highest BCUT2D eigenvalue weighted by atomic mass is 32.1. The molecule has 0 spiro atoms. The zero-order valence-corrected chi connectivity index (χ0v) is 9.88. The third-order valence-corrected chi connectivity index (χ3v) is 3.21. The Labute approximate surface area is 94.1 Å². The van der Waals surface area contributed by atoms with E-state index in [1.807, 2.05) is 30.7 Å². The fourth-order valence-corrected chi connectivity index (χ4v) is 1.85. The Kier molecular flexibility index (Phi) is 4.78. The molecule has 3 nitrogen and oxygen atoms in total. The Morgan fingerprint density at radius 3 is 2.87 bits per heavy atom. The quantitative estimate of drug-likeness (QED) is 0.799. The molecule has 84 valence electrons. The first-order chi connectivity index (χ1) is 7.13. The number of aliphatic hydroxyl groups is 1. The number of thiophene rings is 1. The molecule has 0 aliphatic rings. The average molecular weight is 227 g/mol. The monoisotopic (exact) mass is 227 g/mol. The van der Waals surface area contributed by atoms with Crippen LogP contribution in [0.5, 0.6) is 0 Å². The molecule has 1 aromatic heterocycles. The molecule has 0 aliphatic carbocycles. The van der Waals surface area contributed by atoms with Crippen LogP contribution in [0.1, 0.15) is 19.4 Å². The van der Waals surface area contributed by atoms with Crippen LogP contribution in [0.15, 0.2) is 16.8 Å². The molecule has 0 aromatic carbocycles. The van der Waals surface area contributed by atoms with Crippen molar-refractivity contribution in [2.75, 3.05) is 6.61 Å². The first kappa shape index (κ1) is 12.2. The van der Waals surface area contributed by atoms with Gasteiger partial charge in [-0.2, -0.15) is 11.3 Å². The summed E-state index contributed by atoms with van der Waals surface area (Å²) < 4.78 is 0. The number of nitrogens with one attached hydrogen (secondary N) is 1. The summed E-state index contributed by atoms with van der Waals surface area (Å²) in [4.78, 5) is 11.6. The van der Waals surface area contributed by atoms with Crippen molar-refractivity contribution in [1.29, 1.82) is 0 Å². The van der Waals surface area contributed by atoms with Gasteiger partial charge in [0.25, 0.3) is 0 Å². The van der Waals surface area contributed by atoms with Crippen LogP contribution in [-0.4, -0.2) is 23.7 Å². The molecule has 0 aliphatic heterocycles. The maximum absolute atomic E-state index is 11.6. The second-order valence-electron chi connectivity index (χ2n) is 3.82. The largest absolute Gasteiger partial charge is 0.396 e. The van der Waals surface area contributed by atoms with Crippen molar-refractivity contribution in [1.82, 2.24) is 5.32 Å². The Bertz CT molecular complexity index is 298. The number of amides is 1. The van der Waals surface area contributed by atoms with Gasteiger partial charge in [0.15, 0.2) is 0 Å². The molecule has 15 heavy (non-hydrogen) atoms. The first-order valence-corrected chi connectivity index (χ1v) is 5.99. The van der Waals surface area contributed by atoms with E-state index in [0.717, 1.165) is 5.56 Å². The molecule has 0 fully saturated rings. The lowest BCUT2D eigenvalue weighted by molar-refractivity contribution is -0.121. The Morgan fingerprint density at radius 2 is 2.33 bits per heavy atom. The number of carbonyl (C=O) groups is 1. The lowest BCUT2D eigenvalue weighted by Gasteiger charge is -2.18. The van der Waals surface area contributed by atoms with E-state index in [-0.39, 0.29) is 24.5 Å². The molecule has 0 saturated heterocycles. The van der Waals surface area contributed by atoms with Crippen molar-refractivity contribution in [2.24, 2.45) is 5.92 Å². The number of hydrogen-bond donors (Lipinski definition) is 2. The van der Waals surface area contributed by atoms with Gasteiger partial charge in [0.1, 0.15) is 0 Å². The Balaban J connectivity index is 2.36. The molecule has 1 aromatic rings. The van der Waals surface area contributed by atoms with Crippen LogP contribution < -0.4 is 5.32 Å². The molecule has 1 amide bonds. The lowest BCUT2D eigenvalue weighted by Crippen LogP contribution is -2.39. The highest BCUT2D eigenvalue weighted by Gasteiger charge is 2.13. The zero-order chi connectivity index (χ0) is 11.3. The SMILES string of the molecule is CC(CO)C(C)NC(=O)Cc1ccsc1. The van der Waals surface area contributed by atoms with E-state index in [1.165, 1.54) is 0 Å². The van der Waals surface area contributed by atoms with Crippen LogP contribution in [-0.2, 0) is 11.2 Å². The van der Waals surface area contributed by atoms with E-state index in [4.69, 9.17) is 5.11 Å². The van der Waals surface area contributed by atoms with Gasteiger partial charge in [-0.3, -0.25) is 4.79 Å². The molecule has 1 rings (SSSR count). The second-order valence-corrected chi connectivity index (χ2v) is 4.60. The van der Waals surface area contributed by atoms with E-state index < -0.39 is 0 Å². The standard InChI is InChI=1S/C11H17NO2S/c1-8(6-13)9(2)12-11(14)5-10-3-4-15-7-10/h3-4,7-9,13H,5-6H2,1-2H3,(H,12,14). The summed E-state index contributed by atoms with van der Waals surface area (Å²) >= 11 is 1.59. The zero-order valence-electron chi connectivity index (χ0n) is 9.06. The van der Waals surface area contributed by atoms with E-state index in [9.17, 15) is 4.79 Å². The van der Waals surface area contributed by atoms with E-state index in [1.54, 1.807) is 11.3 Å². The number of rotatable bonds is 5. The fourth-order valence-electron chi connectivity index (χ4n) is 1.18. The van der Waals surface area contributed by atoms with Gasteiger partial charge in [0, 0.05) is 12.6 Å². The predicted molar refractivity (Wildman–Crippen MR) is 61.9 cm³/mol. The summed E-state index contributed by atoms with van der Waals surface area (Å²) in [7, 11) is 0. The van der Waals surface area contributed by atoms with Crippen molar-refractivity contribution < 1.29 is 9.90 Å². The summed E-state index contributed by atoms with van der Waals surface area (Å²) in [5.41, 5.74) is 1.04. The van der Waals surface area contributed by atoms with Gasteiger partial charge in [-0.25, -0.2) is 0 Å². The summed E-state index contributed by atoms with van der Waals surface area (Å²) in [6.45, 7) is 3.92. The van der Waals surface area contributed by atoms with Crippen LogP contribution in [0.4, 0.5) is 0 Å². The molecule has 0 saturated carbocycles. The van der Waals surface area contributed by atoms with Gasteiger partial charge >= 0.3 is 0 Å². The van der Waals surface area contributed by atoms with Gasteiger partial charge in [0.2, 0.25) is 5.91 Å². The third kappa shape index (κ3) is 4.01. The molecule has 4 heteroatoms. The fraction of sp³-hybridized carbons (Fsp3) is 0.545. The second kappa shape index (κ2) is 5.88. The molecular formula is C11H17NO2S. The van der Waals surface area contributed by atoms with Crippen molar-refractivity contribution in [3.63, 3.8) is 0 Å². The smallest absolute Gasteiger partial charge is 0.224 e. The van der Waals surface area contributed by atoms with Crippen molar-refractivity contribution in [2.45, 2.75) is 26.3 Å². The maximum atomic E-state index is 11.6. The maximum Gasteiger partial charge on any atom is 0.224 e. The first-order valence-electron chi connectivity index (χ1n) is 5.04. The van der Waals surface area contributed by atoms with Crippen molar-refractivity contribution in [3.8, 4) is 0 Å². The van der Waals surface area contributed by atoms with Gasteiger partial charge < -0.3 is 10.4 Å². The normalized spacial score (nSPS) is 14.6. The van der Waals surface area contributed by atoms with Crippen LogP contribution in [0.2, 0.25) is 0 Å². The van der Waals surface area contributed by atoms with E-state index >= 15 is 0 Å². The predicted octanol–water partition coefficient (Wildman–Crippen LogP) is 1.42. The van der Waals surface area contributed by atoms with Gasteiger partial charge in [-0.15, -0.1) is 0 Å². The van der Waals surface area contributed by atoms with Crippen LogP contribution in [0.25, 0.3) is 0 Å². The lowest BCUT2D eigenvalue weighted by atomic mass is 10.0. The molecular weight excluding hydrogens is 210 g/mol. The minimum atomic E-state index is 0.0149. The Morgan fingerprint density at radius 1 is 1.60 bits per heavy atom. The molecule has 2 atom stereocenters. The number of carbonyl (C=O) groups excluding carboxylic acids is 1. The van der Waals surface area contributed by atoms with Gasteiger partial charge in [-0.1, -0.05) is 6.92 Å². The van der Waals surface area contributed by atoms with Gasteiger partial charge in [-0.05, 0) is 35.2 Å². The molecule has 0 bridgehead atoms. The van der Waals surface area contributed by atoms with E-state index in [0.29, 0.717) is 6.42 Å². The molecule has 2 unspecified atom stereocenters. The summed E-state index contributed by atoms with van der Waals surface area (Å²) in [5.74, 6) is 0.109. The topological polar surface area (TPSA) is 49.3 Å². The minimum absolute atomic E-state index is 0.0149. The summed E-state index contributed by atoms with van der Waals surface area (Å²) in [6, 6.07) is 1.96. The molecule has 1 heterocycles. The number of aliphatic hydroxyl groups excluding tert-OH is 1. The molecule has 2 N–H and O–H groups in total. The summed E-state index contributed by atoms with van der Waals surface area (Å²) in [6.07, 6.45) is 0.423. The van der Waals surface area contributed by atoms with Crippen LogP contribution in [0, 0.1) is 5.92 Å². The van der Waals surface area contributed by atoms with Crippen molar-refractivity contribution in [3.05, 3.63) is 22.4 Å². The number of hydrogen-bond acceptors (Lipinski definition) is 3. The van der Waals surface area contributed by atoms with Crippen LogP contribution >= 0.6 is 11.3 Å². The highest BCUT2D eigenvalue weighted by molar-refractivity contribution is 7.07. The van der Waals surface area contributed by atoms with Crippen molar-refractivity contribution >= 4 is 17.2 Å². The van der Waals surface area contributed by atoms with Gasteiger partial charge in [0.05, 0.1) is 6.42 Å². The molecule has 0 radical (unpaired) electrons. The third-order valence-electron chi connectivity index (χ3n) is 2.47. The summed E-state index contributed by atoms with van der Waals surface area (Å²) in [5, 5.41) is 15.7. The Hall–Kier alpha value is -0.870. The van der Waals surface area contributed by atoms with E-state index in [2.05, 4.69) is 5.32 Å². The minimum Gasteiger partial charge on any atom is -0.396 e. The average Bonchev–Trinajstić information content (AvgIpc) is 2.68. The van der Waals surface area contributed by atoms with Crippen LogP contribution in [0.3, 0.4) is 0 Å².